The van der Waals surface area contributed by atoms with Gasteiger partial charge in [0.2, 0.25) is 0 Å². The Kier molecular flexibility index (Phi) is 8.64. The molecule has 0 amide bonds. The van der Waals surface area contributed by atoms with Gasteiger partial charge in [0.1, 0.15) is 5.54 Å². The van der Waals surface area contributed by atoms with E-state index in [0.29, 0.717) is 18.8 Å². The molecular weight excluding hydrogens is 322 g/mol. The Morgan fingerprint density at radius 1 is 1.15 bits per heavy atom. The standard InChI is InChI=1S/C23H37NO2/c1-3-4-5-6-7-8-9-10-12-19-13-11-14-20(17-19)21-15-16-23(24,18-21)22(25)26-2/h11,13-14,17,21H,3-10,12,15-16,18,24H2,1-2H3/t21-,23?/m0/s1. The molecule has 0 radical (unpaired) electrons. The van der Waals surface area contributed by atoms with E-state index in [1.807, 2.05) is 0 Å². The number of rotatable bonds is 11. The summed E-state index contributed by atoms with van der Waals surface area (Å²) in [6, 6.07) is 8.90. The number of carbonyl (C=O) groups excluding carboxylic acids is 1. The van der Waals surface area contributed by atoms with Gasteiger partial charge in [0.25, 0.3) is 0 Å². The van der Waals surface area contributed by atoms with E-state index in [1.165, 1.54) is 69.6 Å². The first-order valence-corrected chi connectivity index (χ1v) is 10.5. The molecule has 1 fully saturated rings. The van der Waals surface area contributed by atoms with Gasteiger partial charge in [-0.1, -0.05) is 76.1 Å². The molecule has 0 spiro atoms. The Morgan fingerprint density at radius 3 is 2.54 bits per heavy atom. The molecule has 1 aliphatic rings. The van der Waals surface area contributed by atoms with Gasteiger partial charge in [0, 0.05) is 0 Å². The molecule has 0 aliphatic heterocycles. The predicted molar refractivity (Wildman–Crippen MR) is 108 cm³/mol. The second kappa shape index (κ2) is 10.7. The number of nitrogens with two attached hydrogens (primary N) is 1. The van der Waals surface area contributed by atoms with Gasteiger partial charge in [0.05, 0.1) is 7.11 Å². The number of methoxy groups -OCH3 is 1. The van der Waals surface area contributed by atoms with Crippen molar-refractivity contribution in [2.24, 2.45) is 5.73 Å². The van der Waals surface area contributed by atoms with Crippen molar-refractivity contribution in [3.63, 3.8) is 0 Å². The van der Waals surface area contributed by atoms with Crippen molar-refractivity contribution in [3.8, 4) is 0 Å². The number of esters is 1. The zero-order chi connectivity index (χ0) is 18.8. The first-order valence-electron chi connectivity index (χ1n) is 10.5. The summed E-state index contributed by atoms with van der Waals surface area (Å²) in [7, 11) is 1.43. The molecule has 3 nitrogen and oxygen atoms in total. The maximum Gasteiger partial charge on any atom is 0.325 e. The maximum atomic E-state index is 11.9. The van der Waals surface area contributed by atoms with E-state index in [9.17, 15) is 4.79 Å². The van der Waals surface area contributed by atoms with E-state index in [0.717, 1.165) is 12.8 Å². The lowest BCUT2D eigenvalue weighted by molar-refractivity contribution is -0.146. The summed E-state index contributed by atoms with van der Waals surface area (Å²) in [5, 5.41) is 0. The SMILES string of the molecule is CCCCCCCCCCc1cccc([C@H]2CCC(N)(C(=O)OC)C2)c1. The third-order valence-electron chi connectivity index (χ3n) is 5.88. The highest BCUT2D eigenvalue weighted by Gasteiger charge is 2.43. The summed E-state index contributed by atoms with van der Waals surface area (Å²) >= 11 is 0. The van der Waals surface area contributed by atoms with Crippen molar-refractivity contribution in [2.75, 3.05) is 7.11 Å². The van der Waals surface area contributed by atoms with Crippen LogP contribution < -0.4 is 5.73 Å². The summed E-state index contributed by atoms with van der Waals surface area (Å²) in [5.74, 6) is 0.104. The van der Waals surface area contributed by atoms with E-state index in [-0.39, 0.29) is 5.97 Å². The number of ether oxygens (including phenoxy) is 1. The van der Waals surface area contributed by atoms with Crippen LogP contribution in [0.3, 0.4) is 0 Å². The third kappa shape index (κ3) is 6.12. The van der Waals surface area contributed by atoms with Gasteiger partial charge >= 0.3 is 5.97 Å². The first-order chi connectivity index (χ1) is 12.6. The van der Waals surface area contributed by atoms with Gasteiger partial charge in [-0.25, -0.2) is 0 Å². The van der Waals surface area contributed by atoms with Gasteiger partial charge in [-0.15, -0.1) is 0 Å². The van der Waals surface area contributed by atoms with Crippen LogP contribution in [0, 0.1) is 0 Å². The van der Waals surface area contributed by atoms with Crippen molar-refractivity contribution < 1.29 is 9.53 Å². The lowest BCUT2D eigenvalue weighted by Crippen LogP contribution is -2.46. The lowest BCUT2D eigenvalue weighted by atomic mass is 9.91. The number of benzene rings is 1. The Morgan fingerprint density at radius 2 is 1.85 bits per heavy atom. The van der Waals surface area contributed by atoms with E-state index < -0.39 is 5.54 Å². The molecule has 1 aromatic rings. The van der Waals surface area contributed by atoms with E-state index in [1.54, 1.807) is 0 Å². The van der Waals surface area contributed by atoms with E-state index in [2.05, 4.69) is 31.2 Å². The Balaban J connectivity index is 1.75. The Hall–Kier alpha value is -1.35. The second-order valence-corrected chi connectivity index (χ2v) is 8.06. The maximum absolute atomic E-state index is 11.9. The number of hydrogen-bond acceptors (Lipinski definition) is 3. The van der Waals surface area contributed by atoms with Gasteiger partial charge in [-0.3, -0.25) is 4.79 Å². The van der Waals surface area contributed by atoms with Crippen LogP contribution in [0.1, 0.15) is 94.6 Å². The third-order valence-corrected chi connectivity index (χ3v) is 5.88. The minimum atomic E-state index is -0.798. The monoisotopic (exact) mass is 359 g/mol. The topological polar surface area (TPSA) is 52.3 Å². The van der Waals surface area contributed by atoms with Crippen molar-refractivity contribution in [1.29, 1.82) is 0 Å². The highest BCUT2D eigenvalue weighted by atomic mass is 16.5. The number of carbonyl (C=O) groups is 1. The summed E-state index contributed by atoms with van der Waals surface area (Å²) in [5.41, 5.74) is 8.21. The van der Waals surface area contributed by atoms with Crippen LogP contribution in [-0.4, -0.2) is 18.6 Å². The van der Waals surface area contributed by atoms with Crippen LogP contribution in [0.4, 0.5) is 0 Å². The van der Waals surface area contributed by atoms with E-state index in [4.69, 9.17) is 10.5 Å². The molecule has 1 aromatic carbocycles. The molecular formula is C23H37NO2. The van der Waals surface area contributed by atoms with Crippen LogP contribution in [0.15, 0.2) is 24.3 Å². The van der Waals surface area contributed by atoms with Gasteiger partial charge in [-0.05, 0) is 49.1 Å². The van der Waals surface area contributed by atoms with Crippen LogP contribution >= 0.6 is 0 Å². The van der Waals surface area contributed by atoms with Crippen LogP contribution in [0.2, 0.25) is 0 Å². The highest BCUT2D eigenvalue weighted by Crippen LogP contribution is 2.40. The number of hydrogen-bond donors (Lipinski definition) is 1. The van der Waals surface area contributed by atoms with Crippen LogP contribution in [0.25, 0.3) is 0 Å². The predicted octanol–water partition coefficient (Wildman–Crippen LogP) is 5.51. The molecule has 0 saturated heterocycles. The van der Waals surface area contributed by atoms with E-state index >= 15 is 0 Å². The Bertz CT molecular complexity index is 557. The molecule has 1 saturated carbocycles. The minimum Gasteiger partial charge on any atom is -0.468 e. The van der Waals surface area contributed by atoms with Gasteiger partial charge in [-0.2, -0.15) is 0 Å². The molecule has 2 rings (SSSR count). The van der Waals surface area contributed by atoms with Gasteiger partial charge < -0.3 is 10.5 Å². The smallest absolute Gasteiger partial charge is 0.325 e. The molecule has 0 aromatic heterocycles. The molecule has 0 bridgehead atoms. The highest BCUT2D eigenvalue weighted by molar-refractivity contribution is 5.81. The molecule has 2 N–H and O–H groups in total. The second-order valence-electron chi connectivity index (χ2n) is 8.06. The molecule has 1 aliphatic carbocycles. The van der Waals surface area contributed by atoms with Crippen molar-refractivity contribution in [3.05, 3.63) is 35.4 Å². The fourth-order valence-electron chi connectivity index (χ4n) is 4.21. The Labute approximate surface area is 159 Å². The summed E-state index contributed by atoms with van der Waals surface area (Å²) < 4.78 is 4.89. The quantitative estimate of drug-likeness (QED) is 0.419. The summed E-state index contributed by atoms with van der Waals surface area (Å²) in [6.07, 6.45) is 14.4. The number of aryl methyl sites for hydroxylation is 1. The van der Waals surface area contributed by atoms with Crippen molar-refractivity contribution in [2.45, 2.75) is 95.4 Å². The average Bonchev–Trinajstić information content (AvgIpc) is 3.07. The lowest BCUT2D eigenvalue weighted by Gasteiger charge is -2.21. The molecule has 3 heteroatoms. The largest absolute Gasteiger partial charge is 0.468 e. The van der Waals surface area contributed by atoms with Crippen LogP contribution in [-0.2, 0) is 16.0 Å². The zero-order valence-electron chi connectivity index (χ0n) is 16.8. The number of unbranched alkanes of at least 4 members (excludes halogenated alkanes) is 7. The average molecular weight is 360 g/mol. The summed E-state index contributed by atoms with van der Waals surface area (Å²) in [6.45, 7) is 2.27. The molecule has 0 heterocycles. The molecule has 26 heavy (non-hydrogen) atoms. The zero-order valence-corrected chi connectivity index (χ0v) is 16.8. The minimum absolute atomic E-state index is 0.268. The molecule has 2 atom stereocenters. The normalized spacial score (nSPS) is 22.5. The van der Waals surface area contributed by atoms with Gasteiger partial charge in [0.15, 0.2) is 0 Å². The molecule has 146 valence electrons. The van der Waals surface area contributed by atoms with Crippen molar-refractivity contribution >= 4 is 5.97 Å². The fraction of sp³-hybridized carbons (Fsp3) is 0.696. The molecule has 1 unspecified atom stereocenters. The summed E-state index contributed by atoms with van der Waals surface area (Å²) in [4.78, 5) is 11.9. The fourth-order valence-corrected chi connectivity index (χ4v) is 4.21. The van der Waals surface area contributed by atoms with Crippen LogP contribution in [0.5, 0.6) is 0 Å². The van der Waals surface area contributed by atoms with Crippen molar-refractivity contribution in [1.82, 2.24) is 0 Å². The first kappa shape index (κ1) is 21.0.